The first-order chi connectivity index (χ1) is 15.5. The van der Waals surface area contributed by atoms with Gasteiger partial charge in [-0.3, -0.25) is 14.5 Å². The van der Waals surface area contributed by atoms with Crippen molar-refractivity contribution in [3.05, 3.63) is 64.2 Å². The molecule has 2 aliphatic heterocycles. The fraction of sp³-hybridized carbons (Fsp3) is 0.440. The van der Waals surface area contributed by atoms with Crippen LogP contribution >= 0.6 is 0 Å². The standard InChI is InChI=1S/C25H30N4O3/c1-27-14-19(20-5-3-4-6-23(20)27)16-28-12-17-11-18(15-28)22-8-7-21(25(31)29(22)13-17)26-24(30)9-10-32-2/h3-8,14,17-18H,9-13,15-16H2,1-2H3,(H,26,30)/t17-,18-/m1/s1. The van der Waals surface area contributed by atoms with Gasteiger partial charge in [0.05, 0.1) is 13.0 Å². The SMILES string of the molecule is COCCC(=O)Nc1ccc2n(c1=O)C[C@@H]1C[C@@H]2CN(Cc2cn(C)c3ccccc23)C1. The van der Waals surface area contributed by atoms with E-state index in [2.05, 4.69) is 52.3 Å². The quantitative estimate of drug-likeness (QED) is 0.648. The number of carbonyl (C=O) groups is 1. The van der Waals surface area contributed by atoms with Gasteiger partial charge in [-0.05, 0) is 36.1 Å². The second kappa shape index (κ2) is 8.56. The fourth-order valence-electron chi connectivity index (χ4n) is 5.47. The number of para-hydroxylation sites is 1. The van der Waals surface area contributed by atoms with Gasteiger partial charge in [0, 0.05) is 69.0 Å². The molecule has 2 aliphatic rings. The van der Waals surface area contributed by atoms with E-state index in [9.17, 15) is 9.59 Å². The average molecular weight is 435 g/mol. The Morgan fingerprint density at radius 2 is 2.00 bits per heavy atom. The lowest BCUT2D eigenvalue weighted by Gasteiger charge is -2.43. The molecule has 2 atom stereocenters. The van der Waals surface area contributed by atoms with Crippen LogP contribution in [0.4, 0.5) is 5.69 Å². The number of benzene rings is 1. The Labute approximate surface area is 187 Å². The highest BCUT2D eigenvalue weighted by Crippen LogP contribution is 2.36. The number of nitrogens with zero attached hydrogens (tertiary/aromatic N) is 3. The largest absolute Gasteiger partial charge is 0.384 e. The lowest BCUT2D eigenvalue weighted by atomic mass is 9.83. The van der Waals surface area contributed by atoms with E-state index in [1.54, 1.807) is 13.2 Å². The Morgan fingerprint density at radius 1 is 1.16 bits per heavy atom. The zero-order chi connectivity index (χ0) is 22.2. The van der Waals surface area contributed by atoms with E-state index in [0.29, 0.717) is 30.7 Å². The van der Waals surface area contributed by atoms with Crippen LogP contribution in [0.3, 0.4) is 0 Å². The average Bonchev–Trinajstić information content (AvgIpc) is 3.10. The molecule has 1 amide bonds. The molecule has 1 aromatic carbocycles. The van der Waals surface area contributed by atoms with Crippen molar-refractivity contribution in [3.63, 3.8) is 0 Å². The number of likely N-dealkylation sites (tertiary alicyclic amines) is 1. The van der Waals surface area contributed by atoms with Crippen molar-refractivity contribution in [2.24, 2.45) is 13.0 Å². The summed E-state index contributed by atoms with van der Waals surface area (Å²) < 4.78 is 9.04. The number of pyridine rings is 1. The summed E-state index contributed by atoms with van der Waals surface area (Å²) in [5.74, 6) is 0.582. The molecule has 7 nitrogen and oxygen atoms in total. The van der Waals surface area contributed by atoms with Crippen molar-refractivity contribution in [1.29, 1.82) is 0 Å². The fourth-order valence-corrected chi connectivity index (χ4v) is 5.47. The number of fused-ring (bicyclic) bond motifs is 5. The number of piperidine rings is 1. The zero-order valence-corrected chi connectivity index (χ0v) is 18.7. The molecule has 32 heavy (non-hydrogen) atoms. The molecule has 0 radical (unpaired) electrons. The summed E-state index contributed by atoms with van der Waals surface area (Å²) in [6.07, 6.45) is 3.60. The number of amides is 1. The van der Waals surface area contributed by atoms with Gasteiger partial charge in [0.25, 0.3) is 5.56 Å². The van der Waals surface area contributed by atoms with Crippen LogP contribution in [0, 0.1) is 5.92 Å². The molecule has 0 saturated carbocycles. The molecule has 0 spiro atoms. The Bertz CT molecular complexity index is 1210. The topological polar surface area (TPSA) is 68.5 Å². The summed E-state index contributed by atoms with van der Waals surface area (Å²) in [4.78, 5) is 27.7. The van der Waals surface area contributed by atoms with Crippen LogP contribution in [0.15, 0.2) is 47.4 Å². The van der Waals surface area contributed by atoms with Gasteiger partial charge < -0.3 is 19.2 Å². The number of hydrogen-bond acceptors (Lipinski definition) is 4. The van der Waals surface area contributed by atoms with Crippen LogP contribution in [0.2, 0.25) is 0 Å². The van der Waals surface area contributed by atoms with E-state index < -0.39 is 0 Å². The van der Waals surface area contributed by atoms with Crippen LogP contribution in [0.5, 0.6) is 0 Å². The Morgan fingerprint density at radius 3 is 2.84 bits per heavy atom. The number of carbonyl (C=O) groups excluding carboxylic acids is 1. The monoisotopic (exact) mass is 434 g/mol. The Balaban J connectivity index is 1.35. The third kappa shape index (κ3) is 3.87. The molecule has 168 valence electrons. The van der Waals surface area contributed by atoms with Gasteiger partial charge in [0.15, 0.2) is 0 Å². The first-order valence-corrected chi connectivity index (χ1v) is 11.3. The molecule has 7 heteroatoms. The Hall–Kier alpha value is -2.90. The summed E-state index contributed by atoms with van der Waals surface area (Å²) in [5, 5.41) is 4.07. The summed E-state index contributed by atoms with van der Waals surface area (Å²) >= 11 is 0. The lowest BCUT2D eigenvalue weighted by molar-refractivity contribution is -0.117. The molecule has 2 aromatic heterocycles. The Kier molecular flexibility index (Phi) is 5.61. The van der Waals surface area contributed by atoms with Gasteiger partial charge in [-0.2, -0.15) is 0 Å². The van der Waals surface area contributed by atoms with Crippen molar-refractivity contribution in [2.75, 3.05) is 32.1 Å². The number of nitrogens with one attached hydrogen (secondary N) is 1. The molecular weight excluding hydrogens is 404 g/mol. The molecule has 3 aromatic rings. The van der Waals surface area contributed by atoms with Gasteiger partial charge >= 0.3 is 0 Å². The second-order valence-electron chi connectivity index (χ2n) is 9.15. The predicted molar refractivity (Wildman–Crippen MR) is 125 cm³/mol. The molecule has 4 heterocycles. The van der Waals surface area contributed by atoms with E-state index in [1.165, 1.54) is 16.5 Å². The molecule has 2 bridgehead atoms. The number of ether oxygens (including phenoxy) is 1. The first-order valence-electron chi connectivity index (χ1n) is 11.3. The van der Waals surface area contributed by atoms with E-state index >= 15 is 0 Å². The van der Waals surface area contributed by atoms with Crippen LogP contribution < -0.4 is 10.9 Å². The molecule has 0 aliphatic carbocycles. The second-order valence-corrected chi connectivity index (χ2v) is 9.15. The van der Waals surface area contributed by atoms with Crippen LogP contribution in [-0.4, -0.2) is 46.7 Å². The maximum absolute atomic E-state index is 13.1. The highest BCUT2D eigenvalue weighted by molar-refractivity contribution is 5.90. The minimum absolute atomic E-state index is 0.0922. The van der Waals surface area contributed by atoms with Crippen LogP contribution in [-0.2, 0) is 29.7 Å². The smallest absolute Gasteiger partial charge is 0.274 e. The van der Waals surface area contributed by atoms with Crippen molar-refractivity contribution in [2.45, 2.75) is 31.8 Å². The van der Waals surface area contributed by atoms with Gasteiger partial charge in [0.1, 0.15) is 5.69 Å². The van der Waals surface area contributed by atoms with Gasteiger partial charge in [0.2, 0.25) is 5.91 Å². The number of rotatable bonds is 6. The highest BCUT2D eigenvalue weighted by atomic mass is 16.5. The van der Waals surface area contributed by atoms with Gasteiger partial charge in [-0.25, -0.2) is 0 Å². The van der Waals surface area contributed by atoms with Crippen molar-refractivity contribution in [3.8, 4) is 0 Å². The van der Waals surface area contributed by atoms with Crippen molar-refractivity contribution < 1.29 is 9.53 Å². The highest BCUT2D eigenvalue weighted by Gasteiger charge is 2.35. The van der Waals surface area contributed by atoms with E-state index in [0.717, 1.165) is 31.7 Å². The number of aromatic nitrogens is 2. The molecule has 1 saturated heterocycles. The summed E-state index contributed by atoms with van der Waals surface area (Å²) in [7, 11) is 3.66. The van der Waals surface area contributed by atoms with E-state index in [-0.39, 0.29) is 17.9 Å². The van der Waals surface area contributed by atoms with E-state index in [4.69, 9.17) is 4.74 Å². The van der Waals surface area contributed by atoms with Gasteiger partial charge in [-0.15, -0.1) is 0 Å². The summed E-state index contributed by atoms with van der Waals surface area (Å²) in [5.41, 5.74) is 3.97. The molecule has 1 fully saturated rings. The number of anilines is 1. The predicted octanol–water partition coefficient (Wildman–Crippen LogP) is 2.93. The molecule has 5 rings (SSSR count). The van der Waals surface area contributed by atoms with Crippen LogP contribution in [0.1, 0.15) is 30.0 Å². The lowest BCUT2D eigenvalue weighted by Crippen LogP contribution is -2.47. The number of methoxy groups -OCH3 is 1. The first kappa shape index (κ1) is 21.0. The van der Waals surface area contributed by atoms with E-state index in [1.807, 2.05) is 10.6 Å². The molecule has 1 N–H and O–H groups in total. The summed E-state index contributed by atoms with van der Waals surface area (Å²) in [6, 6.07) is 12.3. The van der Waals surface area contributed by atoms with Crippen LogP contribution in [0.25, 0.3) is 10.9 Å². The van der Waals surface area contributed by atoms with Gasteiger partial charge in [-0.1, -0.05) is 18.2 Å². The zero-order valence-electron chi connectivity index (χ0n) is 18.7. The third-order valence-electron chi connectivity index (χ3n) is 6.86. The maximum Gasteiger partial charge on any atom is 0.274 e. The number of aryl methyl sites for hydroxylation is 1. The van der Waals surface area contributed by atoms with Crippen molar-refractivity contribution in [1.82, 2.24) is 14.0 Å². The molecular formula is C25H30N4O3. The van der Waals surface area contributed by atoms with Crippen molar-refractivity contribution >= 4 is 22.5 Å². The maximum atomic E-state index is 13.1. The minimum atomic E-state index is -0.193. The normalized spacial score (nSPS) is 20.3. The minimum Gasteiger partial charge on any atom is -0.384 e. The summed E-state index contributed by atoms with van der Waals surface area (Å²) in [6.45, 7) is 3.90. The number of hydrogen-bond donors (Lipinski definition) is 1. The molecule has 0 unspecified atom stereocenters. The third-order valence-corrected chi connectivity index (χ3v) is 6.86.